The highest BCUT2D eigenvalue weighted by molar-refractivity contribution is 7.22. The van der Waals surface area contributed by atoms with Crippen LogP contribution in [0.15, 0.2) is 54.6 Å². The van der Waals surface area contributed by atoms with Crippen molar-refractivity contribution in [2.24, 2.45) is 23.2 Å². The number of carbonyl (C=O) groups excluding carboxylic acids is 1. The van der Waals surface area contributed by atoms with Crippen molar-refractivity contribution < 1.29 is 27.4 Å². The number of rotatable bonds is 10. The van der Waals surface area contributed by atoms with Crippen LogP contribution in [-0.2, 0) is 9.53 Å². The molecule has 0 bridgehead atoms. The van der Waals surface area contributed by atoms with Gasteiger partial charge in [-0.2, -0.15) is 13.2 Å². The van der Waals surface area contributed by atoms with Gasteiger partial charge in [-0.3, -0.25) is 4.79 Å². The van der Waals surface area contributed by atoms with E-state index in [2.05, 4.69) is 6.07 Å². The van der Waals surface area contributed by atoms with Crippen molar-refractivity contribution in [1.29, 1.82) is 0 Å². The molecule has 196 valence electrons. The van der Waals surface area contributed by atoms with E-state index in [1.807, 2.05) is 77.1 Å². The van der Waals surface area contributed by atoms with Gasteiger partial charge < -0.3 is 9.47 Å². The van der Waals surface area contributed by atoms with Gasteiger partial charge >= 0.3 is 12.1 Å². The molecule has 36 heavy (non-hydrogen) atoms. The van der Waals surface area contributed by atoms with Gasteiger partial charge in [-0.1, -0.05) is 65.0 Å². The van der Waals surface area contributed by atoms with Crippen LogP contribution < -0.4 is 4.74 Å². The third-order valence-electron chi connectivity index (χ3n) is 6.05. The molecular formula is C29H35F3O3S. The fourth-order valence-electron chi connectivity index (χ4n) is 4.13. The molecule has 0 saturated heterocycles. The normalized spacial score (nSPS) is 14.1. The molecule has 0 N–H and O–H groups in total. The zero-order valence-corrected chi connectivity index (χ0v) is 22.3. The summed E-state index contributed by atoms with van der Waals surface area (Å²) in [5.41, 5.74) is 0.769. The van der Waals surface area contributed by atoms with Crippen LogP contribution in [0.2, 0.25) is 0 Å². The fraction of sp³-hybridized carbons (Fsp3) is 0.483. The lowest BCUT2D eigenvalue weighted by atomic mass is 9.76. The van der Waals surface area contributed by atoms with Crippen LogP contribution in [-0.4, -0.2) is 25.4 Å². The number of ether oxygens (including phenoxy) is 2. The number of hydrogen-bond donors (Lipinski definition) is 0. The number of carbonyl (C=O) groups is 1. The Hall–Kier alpha value is -2.54. The van der Waals surface area contributed by atoms with Crippen molar-refractivity contribution in [2.75, 3.05) is 13.2 Å². The van der Waals surface area contributed by atoms with E-state index in [-0.39, 0.29) is 30.5 Å². The van der Waals surface area contributed by atoms with Crippen LogP contribution >= 0.6 is 11.3 Å². The highest BCUT2D eigenvalue weighted by atomic mass is 32.1. The minimum Gasteiger partial charge on any atom is -0.493 e. The zero-order valence-electron chi connectivity index (χ0n) is 21.5. The number of fused-ring (bicyclic) bond motifs is 1. The molecule has 1 heterocycles. The van der Waals surface area contributed by atoms with Crippen molar-refractivity contribution in [3.05, 3.63) is 54.6 Å². The van der Waals surface area contributed by atoms with Crippen molar-refractivity contribution in [1.82, 2.24) is 0 Å². The van der Waals surface area contributed by atoms with E-state index < -0.39 is 24.5 Å². The summed E-state index contributed by atoms with van der Waals surface area (Å²) in [5, 5.41) is 1.05. The lowest BCUT2D eigenvalue weighted by Gasteiger charge is -2.30. The second-order valence-corrected chi connectivity index (χ2v) is 11.9. The highest BCUT2D eigenvalue weighted by Gasteiger charge is 2.36. The maximum Gasteiger partial charge on any atom is 0.389 e. The Balaban J connectivity index is 1.68. The first-order valence-corrected chi connectivity index (χ1v) is 13.1. The zero-order chi connectivity index (χ0) is 26.5. The van der Waals surface area contributed by atoms with Crippen molar-refractivity contribution >= 4 is 27.4 Å². The Morgan fingerprint density at radius 3 is 2.28 bits per heavy atom. The average Bonchev–Trinajstić information content (AvgIpc) is 3.21. The number of hydrogen-bond acceptors (Lipinski definition) is 4. The molecule has 3 rings (SSSR count). The van der Waals surface area contributed by atoms with Gasteiger partial charge in [-0.25, -0.2) is 0 Å². The standard InChI is InChI=1S/C29H35F3O3S/c1-19(2)13-24(28(3,4)5)27(33)35-18-20(16-29(30,31)32)17-34-23-12-11-22-14-25(36-26(22)15-23)21-9-7-6-8-10-21/h6-12,14-15,19-20,24H,13,16-18H2,1-5H3. The third kappa shape index (κ3) is 8.26. The number of alkyl halides is 3. The summed E-state index contributed by atoms with van der Waals surface area (Å²) in [6, 6.07) is 17.6. The fourth-order valence-corrected chi connectivity index (χ4v) is 5.23. The Labute approximate surface area is 215 Å². The first-order chi connectivity index (χ1) is 16.8. The van der Waals surface area contributed by atoms with E-state index in [1.165, 1.54) is 0 Å². The predicted molar refractivity (Wildman–Crippen MR) is 140 cm³/mol. The summed E-state index contributed by atoms with van der Waals surface area (Å²) in [5.74, 6) is -1.06. The lowest BCUT2D eigenvalue weighted by Crippen LogP contribution is -2.34. The molecule has 0 fully saturated rings. The van der Waals surface area contributed by atoms with E-state index in [9.17, 15) is 18.0 Å². The van der Waals surface area contributed by atoms with Gasteiger partial charge in [-0.05, 0) is 53.0 Å². The van der Waals surface area contributed by atoms with Gasteiger partial charge in [0.05, 0.1) is 25.6 Å². The summed E-state index contributed by atoms with van der Waals surface area (Å²) in [6.45, 7) is 9.34. The van der Waals surface area contributed by atoms with E-state index in [0.29, 0.717) is 12.2 Å². The second-order valence-electron chi connectivity index (χ2n) is 10.9. The lowest BCUT2D eigenvalue weighted by molar-refractivity contribution is -0.165. The molecule has 2 aromatic carbocycles. The number of thiophene rings is 1. The molecule has 3 nitrogen and oxygen atoms in total. The average molecular weight is 521 g/mol. The largest absolute Gasteiger partial charge is 0.493 e. The van der Waals surface area contributed by atoms with Crippen LogP contribution in [0.4, 0.5) is 13.2 Å². The third-order valence-corrected chi connectivity index (χ3v) is 7.20. The van der Waals surface area contributed by atoms with Gasteiger partial charge in [0.1, 0.15) is 5.75 Å². The number of halogens is 3. The van der Waals surface area contributed by atoms with Crippen LogP contribution in [0.5, 0.6) is 5.75 Å². The minimum absolute atomic E-state index is 0.195. The Morgan fingerprint density at radius 1 is 0.972 bits per heavy atom. The summed E-state index contributed by atoms with van der Waals surface area (Å²) < 4.78 is 52.0. The predicted octanol–water partition coefficient (Wildman–Crippen LogP) is 8.77. The Bertz CT molecular complexity index is 1130. The topological polar surface area (TPSA) is 35.5 Å². The van der Waals surface area contributed by atoms with E-state index in [4.69, 9.17) is 9.47 Å². The molecular weight excluding hydrogens is 485 g/mol. The highest BCUT2D eigenvalue weighted by Crippen LogP contribution is 2.36. The molecule has 0 aliphatic rings. The molecule has 2 unspecified atom stereocenters. The summed E-state index contributed by atoms with van der Waals surface area (Å²) in [7, 11) is 0. The molecule has 0 spiro atoms. The summed E-state index contributed by atoms with van der Waals surface area (Å²) >= 11 is 1.60. The summed E-state index contributed by atoms with van der Waals surface area (Å²) in [4.78, 5) is 13.9. The quantitative estimate of drug-likeness (QED) is 0.251. The molecule has 2 atom stereocenters. The molecule has 0 aliphatic heterocycles. The molecule has 7 heteroatoms. The molecule has 0 amide bonds. The molecule has 3 aromatic rings. The van der Waals surface area contributed by atoms with Crippen LogP contribution in [0.1, 0.15) is 47.5 Å². The number of esters is 1. The smallest absolute Gasteiger partial charge is 0.389 e. The maximum absolute atomic E-state index is 13.3. The van der Waals surface area contributed by atoms with Gasteiger partial charge in [0, 0.05) is 15.5 Å². The SMILES string of the molecule is CC(C)CC(C(=O)OCC(COc1ccc2cc(-c3ccccc3)sc2c1)CC(F)(F)F)C(C)(C)C. The molecule has 0 saturated carbocycles. The van der Waals surface area contributed by atoms with Crippen molar-refractivity contribution in [2.45, 2.75) is 53.6 Å². The minimum atomic E-state index is -4.38. The van der Waals surface area contributed by atoms with Gasteiger partial charge in [0.15, 0.2) is 0 Å². The molecule has 0 aliphatic carbocycles. The Morgan fingerprint density at radius 2 is 1.67 bits per heavy atom. The van der Waals surface area contributed by atoms with E-state index in [0.717, 1.165) is 20.5 Å². The first kappa shape index (κ1) is 28.0. The van der Waals surface area contributed by atoms with Crippen LogP contribution in [0.3, 0.4) is 0 Å². The van der Waals surface area contributed by atoms with E-state index in [1.54, 1.807) is 17.4 Å². The maximum atomic E-state index is 13.3. The van der Waals surface area contributed by atoms with Gasteiger partial charge in [0.2, 0.25) is 0 Å². The molecule has 1 aromatic heterocycles. The summed E-state index contributed by atoms with van der Waals surface area (Å²) in [6.07, 6.45) is -4.84. The second kappa shape index (κ2) is 11.7. The van der Waals surface area contributed by atoms with Crippen molar-refractivity contribution in [3.8, 4) is 16.2 Å². The van der Waals surface area contributed by atoms with Gasteiger partial charge in [0.25, 0.3) is 0 Å². The number of benzene rings is 2. The van der Waals surface area contributed by atoms with Gasteiger partial charge in [-0.15, -0.1) is 11.3 Å². The monoisotopic (exact) mass is 520 g/mol. The Kier molecular flexibility index (Phi) is 9.09. The van der Waals surface area contributed by atoms with E-state index >= 15 is 0 Å². The molecule has 0 radical (unpaired) electrons. The van der Waals surface area contributed by atoms with Crippen molar-refractivity contribution in [3.63, 3.8) is 0 Å². The first-order valence-electron chi connectivity index (χ1n) is 12.3. The van der Waals surface area contributed by atoms with Crippen LogP contribution in [0.25, 0.3) is 20.5 Å². The van der Waals surface area contributed by atoms with Crippen LogP contribution in [0, 0.1) is 23.2 Å².